The average molecular weight is 701 g/mol. The van der Waals surface area contributed by atoms with Crippen LogP contribution in [0, 0.1) is 0 Å². The summed E-state index contributed by atoms with van der Waals surface area (Å²) < 4.78 is 14.9. The smallest absolute Gasteiger partial charge is 0.200 e. The van der Waals surface area contributed by atoms with Crippen LogP contribution in [0.15, 0.2) is 140 Å². The van der Waals surface area contributed by atoms with E-state index in [0.29, 0.717) is 28.4 Å². The summed E-state index contributed by atoms with van der Waals surface area (Å²) in [7, 11) is 4.49. The molecule has 0 aliphatic heterocycles. The van der Waals surface area contributed by atoms with E-state index in [1.54, 1.807) is 91.0 Å². The number of benzene rings is 6. The van der Waals surface area contributed by atoms with Gasteiger partial charge in [-0.2, -0.15) is 0 Å². The summed E-state index contributed by atoms with van der Waals surface area (Å²) in [5.74, 6) is 0.224. The standard InChI is InChI=1S/C14H12O4.2C14H12O3/c1-18-9-6-7-11(13(16)8-9)14(17)10-4-2-3-5-12(10)15;2*1-17-11-7-8-12(13(15)9-11)14(16)10-5-3-2-4-6-10/h2-8,15-16H,1H3;2*2-9,15H,1H3. The summed E-state index contributed by atoms with van der Waals surface area (Å²) in [6.45, 7) is 0. The molecule has 6 aromatic rings. The fourth-order valence-electron chi connectivity index (χ4n) is 4.79. The number of para-hydroxylation sites is 1. The summed E-state index contributed by atoms with van der Waals surface area (Å²) in [6, 6.07) is 37.5. The maximum atomic E-state index is 12.1. The number of rotatable bonds is 9. The van der Waals surface area contributed by atoms with Gasteiger partial charge in [-0.05, 0) is 48.5 Å². The Labute approximate surface area is 300 Å². The van der Waals surface area contributed by atoms with Crippen molar-refractivity contribution in [1.29, 1.82) is 0 Å². The molecule has 0 radical (unpaired) electrons. The van der Waals surface area contributed by atoms with E-state index >= 15 is 0 Å². The highest BCUT2D eigenvalue weighted by Gasteiger charge is 2.17. The highest BCUT2D eigenvalue weighted by molar-refractivity contribution is 6.12. The number of phenols is 4. The van der Waals surface area contributed by atoms with E-state index in [4.69, 9.17) is 14.2 Å². The number of hydrogen-bond donors (Lipinski definition) is 4. The van der Waals surface area contributed by atoms with E-state index in [-0.39, 0.29) is 56.8 Å². The van der Waals surface area contributed by atoms with E-state index in [2.05, 4.69) is 0 Å². The normalized spacial score (nSPS) is 9.98. The lowest BCUT2D eigenvalue weighted by atomic mass is 10.0. The fourth-order valence-corrected chi connectivity index (χ4v) is 4.79. The summed E-state index contributed by atoms with van der Waals surface area (Å²) >= 11 is 0. The minimum Gasteiger partial charge on any atom is -0.507 e. The van der Waals surface area contributed by atoms with Crippen LogP contribution in [0.5, 0.6) is 40.2 Å². The Morgan fingerprint density at radius 2 is 0.673 bits per heavy atom. The van der Waals surface area contributed by atoms with Gasteiger partial charge in [0.1, 0.15) is 40.2 Å². The Kier molecular flexibility index (Phi) is 13.1. The van der Waals surface area contributed by atoms with Crippen molar-refractivity contribution in [2.75, 3.05) is 21.3 Å². The number of hydrogen-bond acceptors (Lipinski definition) is 10. The van der Waals surface area contributed by atoms with Crippen LogP contribution in [-0.4, -0.2) is 59.1 Å². The number of aromatic hydroxyl groups is 4. The van der Waals surface area contributed by atoms with Gasteiger partial charge in [-0.1, -0.05) is 72.8 Å². The molecule has 0 fully saturated rings. The molecular formula is C42H36O10. The van der Waals surface area contributed by atoms with Crippen LogP contribution in [-0.2, 0) is 0 Å². The zero-order chi connectivity index (χ0) is 37.6. The molecule has 0 amide bonds. The quantitative estimate of drug-likeness (QED) is 0.111. The van der Waals surface area contributed by atoms with Crippen molar-refractivity contribution >= 4 is 17.3 Å². The van der Waals surface area contributed by atoms with Gasteiger partial charge in [0.2, 0.25) is 0 Å². The number of methoxy groups -OCH3 is 3. The van der Waals surface area contributed by atoms with Crippen LogP contribution in [0.1, 0.15) is 47.8 Å². The van der Waals surface area contributed by atoms with Gasteiger partial charge in [-0.15, -0.1) is 0 Å². The number of phenolic OH excluding ortho intramolecular Hbond substituents is 4. The fraction of sp³-hybridized carbons (Fsp3) is 0.0714. The summed E-state index contributed by atoms with van der Waals surface area (Å²) in [5, 5.41) is 38.9. The van der Waals surface area contributed by atoms with Crippen molar-refractivity contribution in [3.8, 4) is 40.2 Å². The second kappa shape index (κ2) is 18.1. The van der Waals surface area contributed by atoms with E-state index < -0.39 is 5.78 Å². The van der Waals surface area contributed by atoms with Crippen LogP contribution in [0.2, 0.25) is 0 Å². The molecule has 0 saturated heterocycles. The largest absolute Gasteiger partial charge is 0.507 e. The van der Waals surface area contributed by atoms with Crippen molar-refractivity contribution in [3.63, 3.8) is 0 Å². The second-order valence-corrected chi connectivity index (χ2v) is 10.9. The summed E-state index contributed by atoms with van der Waals surface area (Å²) in [4.78, 5) is 36.3. The monoisotopic (exact) mass is 700 g/mol. The van der Waals surface area contributed by atoms with Gasteiger partial charge in [-0.3, -0.25) is 14.4 Å². The molecule has 0 heterocycles. The van der Waals surface area contributed by atoms with Crippen LogP contribution in [0.4, 0.5) is 0 Å². The van der Waals surface area contributed by atoms with Crippen molar-refractivity contribution in [3.05, 3.63) is 173 Å². The number of carbonyl (C=O) groups excluding carboxylic acids is 3. The number of carbonyl (C=O) groups is 3. The molecule has 0 bridgehead atoms. The highest BCUT2D eigenvalue weighted by atomic mass is 16.5. The van der Waals surface area contributed by atoms with Gasteiger partial charge in [0.25, 0.3) is 0 Å². The van der Waals surface area contributed by atoms with E-state index in [1.165, 1.54) is 57.7 Å². The van der Waals surface area contributed by atoms with Gasteiger partial charge in [0.15, 0.2) is 17.3 Å². The molecule has 10 nitrogen and oxygen atoms in total. The number of ketones is 3. The summed E-state index contributed by atoms with van der Waals surface area (Å²) in [6.07, 6.45) is 0. The molecular weight excluding hydrogens is 664 g/mol. The van der Waals surface area contributed by atoms with E-state index in [1.807, 2.05) is 12.1 Å². The maximum absolute atomic E-state index is 12.1. The molecule has 0 aromatic heterocycles. The topological polar surface area (TPSA) is 160 Å². The number of ether oxygens (including phenoxy) is 3. The third-order valence-electron chi connectivity index (χ3n) is 7.57. The van der Waals surface area contributed by atoms with Crippen molar-refractivity contribution in [2.24, 2.45) is 0 Å². The van der Waals surface area contributed by atoms with Crippen molar-refractivity contribution < 1.29 is 49.0 Å². The van der Waals surface area contributed by atoms with Crippen LogP contribution < -0.4 is 14.2 Å². The zero-order valence-electron chi connectivity index (χ0n) is 28.5. The van der Waals surface area contributed by atoms with E-state index in [9.17, 15) is 34.8 Å². The van der Waals surface area contributed by atoms with E-state index in [0.717, 1.165) is 0 Å². The van der Waals surface area contributed by atoms with Crippen LogP contribution >= 0.6 is 0 Å². The highest BCUT2D eigenvalue weighted by Crippen LogP contribution is 2.29. The third kappa shape index (κ3) is 9.54. The van der Waals surface area contributed by atoms with Crippen LogP contribution in [0.25, 0.3) is 0 Å². The Bertz CT molecular complexity index is 2040. The first-order chi connectivity index (χ1) is 25.1. The van der Waals surface area contributed by atoms with Gasteiger partial charge in [-0.25, -0.2) is 0 Å². The predicted molar refractivity (Wildman–Crippen MR) is 195 cm³/mol. The molecule has 0 saturated carbocycles. The minimum atomic E-state index is -0.437. The maximum Gasteiger partial charge on any atom is 0.200 e. The molecule has 0 spiro atoms. The van der Waals surface area contributed by atoms with Gasteiger partial charge >= 0.3 is 0 Å². The lowest BCUT2D eigenvalue weighted by Crippen LogP contribution is -2.02. The zero-order valence-corrected chi connectivity index (χ0v) is 28.5. The minimum absolute atomic E-state index is 0.0711. The lowest BCUT2D eigenvalue weighted by Gasteiger charge is -2.07. The molecule has 0 aliphatic rings. The van der Waals surface area contributed by atoms with Crippen LogP contribution in [0.3, 0.4) is 0 Å². The third-order valence-corrected chi connectivity index (χ3v) is 7.57. The molecule has 0 unspecified atom stereocenters. The Morgan fingerprint density at radius 3 is 1.00 bits per heavy atom. The molecule has 10 heteroatoms. The second-order valence-electron chi connectivity index (χ2n) is 10.9. The SMILES string of the molecule is COc1ccc(C(=O)c2ccccc2)c(O)c1.COc1ccc(C(=O)c2ccccc2)c(O)c1.COc1ccc(C(=O)c2ccccc2O)c(O)c1. The molecule has 4 N–H and O–H groups in total. The predicted octanol–water partition coefficient (Wildman–Crippen LogP) is 7.60. The molecule has 0 aliphatic carbocycles. The summed E-state index contributed by atoms with van der Waals surface area (Å²) in [5.41, 5.74) is 1.92. The van der Waals surface area contributed by atoms with Gasteiger partial charge in [0.05, 0.1) is 43.6 Å². The first-order valence-corrected chi connectivity index (χ1v) is 15.7. The molecule has 0 atom stereocenters. The Morgan fingerprint density at radius 1 is 0.365 bits per heavy atom. The Hall–Kier alpha value is -7.07. The van der Waals surface area contributed by atoms with Gasteiger partial charge < -0.3 is 34.6 Å². The molecule has 6 rings (SSSR count). The first kappa shape index (κ1) is 37.7. The molecule has 52 heavy (non-hydrogen) atoms. The van der Waals surface area contributed by atoms with Gasteiger partial charge in [0, 0.05) is 29.3 Å². The van der Waals surface area contributed by atoms with Crippen molar-refractivity contribution in [1.82, 2.24) is 0 Å². The first-order valence-electron chi connectivity index (χ1n) is 15.7. The molecule has 6 aromatic carbocycles. The average Bonchev–Trinajstić information content (AvgIpc) is 3.18. The lowest BCUT2D eigenvalue weighted by molar-refractivity contribution is 0.102. The van der Waals surface area contributed by atoms with Crippen molar-refractivity contribution in [2.45, 2.75) is 0 Å². The molecule has 264 valence electrons. The Balaban J connectivity index is 0.000000175.